The summed E-state index contributed by atoms with van der Waals surface area (Å²) in [6.07, 6.45) is 2.08. The minimum Gasteiger partial charge on any atom is -0.354 e. The fraction of sp³-hybridized carbons (Fsp3) is 0.391. The third-order valence-corrected chi connectivity index (χ3v) is 7.44. The molecule has 0 heterocycles. The van der Waals surface area contributed by atoms with Crippen LogP contribution in [0.25, 0.3) is 0 Å². The molecule has 0 aliphatic rings. The predicted molar refractivity (Wildman–Crippen MR) is 141 cm³/mol. The van der Waals surface area contributed by atoms with Crippen LogP contribution < -0.4 is 9.62 Å². The van der Waals surface area contributed by atoms with E-state index in [1.807, 2.05) is 6.92 Å². The summed E-state index contributed by atoms with van der Waals surface area (Å²) in [6.45, 7) is 3.63. The van der Waals surface area contributed by atoms with Crippen molar-refractivity contribution in [2.45, 2.75) is 39.3 Å². The molecule has 2 amide bonds. The van der Waals surface area contributed by atoms with Crippen molar-refractivity contribution < 1.29 is 18.0 Å². The third-order valence-electron chi connectivity index (χ3n) is 5.10. The lowest BCUT2D eigenvalue weighted by Crippen LogP contribution is -2.52. The summed E-state index contributed by atoms with van der Waals surface area (Å²) in [5.74, 6) is -0.880. The number of hydrogen-bond donors (Lipinski definition) is 1. The number of hydrogen-bond acceptors (Lipinski definition) is 4. The molecule has 0 aliphatic heterocycles. The number of nitrogens with zero attached hydrogens (tertiary/aromatic N) is 2. The molecule has 1 unspecified atom stereocenters. The van der Waals surface area contributed by atoms with E-state index >= 15 is 0 Å². The maximum atomic E-state index is 13.6. The van der Waals surface area contributed by atoms with E-state index in [0.717, 1.165) is 17.0 Å². The Morgan fingerprint density at radius 3 is 2.24 bits per heavy atom. The normalized spacial score (nSPS) is 12.2. The molecule has 2 aromatic rings. The summed E-state index contributed by atoms with van der Waals surface area (Å²) in [4.78, 5) is 27.9. The van der Waals surface area contributed by atoms with Crippen molar-refractivity contribution in [3.63, 3.8) is 0 Å². The number of anilines is 1. The number of nitrogens with one attached hydrogen (secondary N) is 1. The highest BCUT2D eigenvalue weighted by atomic mass is 79.9. The van der Waals surface area contributed by atoms with Gasteiger partial charge in [-0.25, -0.2) is 8.42 Å². The third kappa shape index (κ3) is 7.60. The number of benzene rings is 2. The van der Waals surface area contributed by atoms with Gasteiger partial charge in [-0.1, -0.05) is 65.1 Å². The Hall–Kier alpha value is -1.81. The van der Waals surface area contributed by atoms with Gasteiger partial charge in [-0.3, -0.25) is 13.9 Å². The van der Waals surface area contributed by atoms with Crippen LogP contribution in [0.15, 0.2) is 46.9 Å². The molecular formula is C23H28BrCl2N3O4S. The Bertz CT molecular complexity index is 1110. The van der Waals surface area contributed by atoms with Gasteiger partial charge in [-0.2, -0.15) is 0 Å². The highest BCUT2D eigenvalue weighted by Gasteiger charge is 2.32. The van der Waals surface area contributed by atoms with Crippen LogP contribution in [-0.4, -0.2) is 50.5 Å². The summed E-state index contributed by atoms with van der Waals surface area (Å²) in [7, 11) is -3.81. The molecule has 0 saturated carbocycles. The van der Waals surface area contributed by atoms with E-state index in [2.05, 4.69) is 21.2 Å². The average Bonchev–Trinajstić information content (AvgIpc) is 2.76. The zero-order valence-electron chi connectivity index (χ0n) is 19.2. The second-order valence-corrected chi connectivity index (χ2v) is 11.3. The Labute approximate surface area is 219 Å². The van der Waals surface area contributed by atoms with Crippen LogP contribution in [-0.2, 0) is 26.2 Å². The molecule has 0 spiro atoms. The van der Waals surface area contributed by atoms with Crippen LogP contribution in [0.3, 0.4) is 0 Å². The van der Waals surface area contributed by atoms with E-state index in [9.17, 15) is 18.0 Å². The molecule has 34 heavy (non-hydrogen) atoms. The largest absolute Gasteiger partial charge is 0.354 e. The molecule has 11 heteroatoms. The van der Waals surface area contributed by atoms with E-state index in [-0.39, 0.29) is 12.5 Å². The molecule has 2 rings (SSSR count). The van der Waals surface area contributed by atoms with E-state index in [1.54, 1.807) is 49.4 Å². The van der Waals surface area contributed by atoms with E-state index in [1.165, 1.54) is 4.90 Å². The predicted octanol–water partition coefficient (Wildman–Crippen LogP) is 4.86. The van der Waals surface area contributed by atoms with Gasteiger partial charge in [0.05, 0.1) is 11.9 Å². The van der Waals surface area contributed by atoms with E-state index in [4.69, 9.17) is 23.2 Å². The molecule has 0 aliphatic carbocycles. The number of amides is 2. The molecule has 1 atom stereocenters. The lowest BCUT2D eigenvalue weighted by molar-refractivity contribution is -0.140. The molecule has 186 valence electrons. The first-order chi connectivity index (χ1) is 16.0. The average molecular weight is 593 g/mol. The minimum absolute atomic E-state index is 0.0501. The smallest absolute Gasteiger partial charge is 0.244 e. The Kier molecular flexibility index (Phi) is 10.7. The molecule has 7 nitrogen and oxygen atoms in total. The van der Waals surface area contributed by atoms with Gasteiger partial charge in [0, 0.05) is 33.2 Å². The maximum Gasteiger partial charge on any atom is 0.244 e. The van der Waals surface area contributed by atoms with Crippen LogP contribution in [0.4, 0.5) is 5.69 Å². The molecule has 0 aromatic heterocycles. The van der Waals surface area contributed by atoms with Gasteiger partial charge >= 0.3 is 0 Å². The number of carbonyl (C=O) groups is 2. The van der Waals surface area contributed by atoms with Gasteiger partial charge in [0.2, 0.25) is 21.8 Å². The van der Waals surface area contributed by atoms with Gasteiger partial charge in [0.25, 0.3) is 0 Å². The van der Waals surface area contributed by atoms with Crippen LogP contribution in [0.5, 0.6) is 0 Å². The van der Waals surface area contributed by atoms with Crippen molar-refractivity contribution in [2.75, 3.05) is 23.7 Å². The molecule has 1 N–H and O–H groups in total. The van der Waals surface area contributed by atoms with Gasteiger partial charge in [-0.05, 0) is 43.2 Å². The number of carbonyl (C=O) groups excluding carboxylic acids is 2. The molecule has 0 bridgehead atoms. The summed E-state index contributed by atoms with van der Waals surface area (Å²) >= 11 is 16.0. The SMILES string of the molecule is CCCNC(=O)C(CC)N(Cc1c(Cl)cccc1Cl)C(=O)CN(c1cccc(Br)c1)S(C)(=O)=O. The van der Waals surface area contributed by atoms with Crippen LogP contribution in [0.2, 0.25) is 10.0 Å². The van der Waals surface area contributed by atoms with Crippen LogP contribution in [0, 0.1) is 0 Å². The first-order valence-corrected chi connectivity index (χ1v) is 14.1. The Morgan fingerprint density at radius 2 is 1.71 bits per heavy atom. The van der Waals surface area contributed by atoms with Crippen molar-refractivity contribution in [3.05, 3.63) is 62.5 Å². The van der Waals surface area contributed by atoms with Crippen molar-refractivity contribution in [1.82, 2.24) is 10.2 Å². The summed E-state index contributed by atoms with van der Waals surface area (Å²) in [5, 5.41) is 3.52. The second-order valence-electron chi connectivity index (χ2n) is 7.69. The monoisotopic (exact) mass is 591 g/mol. The highest BCUT2D eigenvalue weighted by Crippen LogP contribution is 2.28. The minimum atomic E-state index is -3.81. The number of halogens is 3. The first kappa shape index (κ1) is 28.4. The lowest BCUT2D eigenvalue weighted by atomic mass is 10.1. The second kappa shape index (κ2) is 12.8. The van der Waals surface area contributed by atoms with Crippen molar-refractivity contribution in [2.24, 2.45) is 0 Å². The van der Waals surface area contributed by atoms with Crippen molar-refractivity contribution in [3.8, 4) is 0 Å². The summed E-state index contributed by atoms with van der Waals surface area (Å²) in [6, 6.07) is 10.8. The van der Waals surface area contributed by atoms with Gasteiger partial charge < -0.3 is 10.2 Å². The van der Waals surface area contributed by atoms with Gasteiger partial charge in [-0.15, -0.1) is 0 Å². The van der Waals surface area contributed by atoms with Gasteiger partial charge in [0.15, 0.2) is 0 Å². The van der Waals surface area contributed by atoms with Crippen LogP contribution in [0.1, 0.15) is 32.3 Å². The van der Waals surface area contributed by atoms with Crippen molar-refractivity contribution >= 4 is 66.7 Å². The van der Waals surface area contributed by atoms with Crippen LogP contribution >= 0.6 is 39.1 Å². The molecule has 0 saturated heterocycles. The zero-order chi connectivity index (χ0) is 25.5. The molecule has 0 radical (unpaired) electrons. The Morgan fingerprint density at radius 1 is 1.09 bits per heavy atom. The Balaban J connectivity index is 2.48. The van der Waals surface area contributed by atoms with Gasteiger partial charge in [0.1, 0.15) is 12.6 Å². The standard InChI is InChI=1S/C23H28BrCl2N3O4S/c1-4-12-27-23(31)21(5-2)28(14-18-19(25)10-7-11-20(18)26)22(30)15-29(34(3,32)33)17-9-6-8-16(24)13-17/h6-11,13,21H,4-5,12,14-15H2,1-3H3,(H,27,31). The van der Waals surface area contributed by atoms with E-state index in [0.29, 0.717) is 38.7 Å². The molecule has 2 aromatic carbocycles. The summed E-state index contributed by atoms with van der Waals surface area (Å²) < 4.78 is 26.9. The molecule has 0 fully saturated rings. The number of rotatable bonds is 11. The van der Waals surface area contributed by atoms with Crippen molar-refractivity contribution in [1.29, 1.82) is 0 Å². The van der Waals surface area contributed by atoms with E-state index < -0.39 is 28.5 Å². The fourth-order valence-electron chi connectivity index (χ4n) is 3.38. The summed E-state index contributed by atoms with van der Waals surface area (Å²) in [5.41, 5.74) is 0.804. The maximum absolute atomic E-state index is 13.6. The highest BCUT2D eigenvalue weighted by molar-refractivity contribution is 9.10. The fourth-order valence-corrected chi connectivity index (χ4v) is 5.13. The zero-order valence-corrected chi connectivity index (χ0v) is 23.1. The lowest BCUT2D eigenvalue weighted by Gasteiger charge is -2.33. The topological polar surface area (TPSA) is 86.8 Å². The number of sulfonamides is 1. The molecular weight excluding hydrogens is 565 g/mol. The quantitative estimate of drug-likeness (QED) is 0.404. The first-order valence-electron chi connectivity index (χ1n) is 10.7.